The number of thiazole rings is 1. The number of carbonyl (C=O) groups is 1. The summed E-state index contributed by atoms with van der Waals surface area (Å²) in [5.41, 5.74) is 4.32. The zero-order valence-corrected chi connectivity index (χ0v) is 15.0. The Morgan fingerprint density at radius 2 is 2.04 bits per heavy atom. The number of hydrazone groups is 1. The van der Waals surface area contributed by atoms with Crippen LogP contribution in [0.5, 0.6) is 0 Å². The Bertz CT molecular complexity index is 1000. The fourth-order valence-electron chi connectivity index (χ4n) is 2.27. The number of nitrogens with one attached hydrogen (secondary N) is 1. The third-order valence-corrected chi connectivity index (χ3v) is 4.51. The molecule has 2 aromatic carbocycles. The summed E-state index contributed by atoms with van der Waals surface area (Å²) in [5.74, 6) is -0.541. The van der Waals surface area contributed by atoms with E-state index in [1.165, 1.54) is 36.8 Å². The molecule has 0 aliphatic rings. The van der Waals surface area contributed by atoms with Gasteiger partial charge in [-0.3, -0.25) is 15.5 Å². The molecule has 0 radical (unpaired) electrons. The van der Waals surface area contributed by atoms with E-state index in [-0.39, 0.29) is 11.4 Å². The molecular weight excluding hydrogens is 368 g/mol. The van der Waals surface area contributed by atoms with E-state index in [0.717, 1.165) is 5.56 Å². The first kappa shape index (κ1) is 18.2. The van der Waals surface area contributed by atoms with Crippen molar-refractivity contribution in [1.82, 2.24) is 4.98 Å². The summed E-state index contributed by atoms with van der Waals surface area (Å²) in [5, 5.41) is 15.3. The van der Waals surface area contributed by atoms with E-state index < -0.39 is 10.9 Å². The van der Waals surface area contributed by atoms with Gasteiger partial charge in [-0.1, -0.05) is 53.8 Å². The molecule has 8 nitrogen and oxygen atoms in total. The number of hydrogen-bond acceptors (Lipinski definition) is 8. The highest BCUT2D eigenvalue weighted by atomic mass is 32.1. The van der Waals surface area contributed by atoms with Gasteiger partial charge in [-0.05, 0) is 5.56 Å². The van der Waals surface area contributed by atoms with Gasteiger partial charge in [0.25, 0.3) is 5.69 Å². The Labute approximate surface area is 158 Å². The van der Waals surface area contributed by atoms with Crippen molar-refractivity contribution in [1.29, 1.82) is 0 Å². The number of hydrogen-bond donors (Lipinski definition) is 1. The number of esters is 1. The molecule has 1 heterocycles. The van der Waals surface area contributed by atoms with Crippen LogP contribution in [-0.2, 0) is 4.74 Å². The lowest BCUT2D eigenvalue weighted by Crippen LogP contribution is -2.03. The molecule has 0 fully saturated rings. The molecule has 1 aromatic heterocycles. The highest BCUT2D eigenvalue weighted by molar-refractivity contribution is 7.19. The van der Waals surface area contributed by atoms with E-state index >= 15 is 0 Å². The predicted octanol–water partition coefficient (Wildman–Crippen LogP) is 3.95. The number of anilines is 1. The third kappa shape index (κ3) is 4.33. The molecule has 9 heteroatoms. The van der Waals surface area contributed by atoms with Crippen molar-refractivity contribution in [2.24, 2.45) is 5.10 Å². The van der Waals surface area contributed by atoms with E-state index in [9.17, 15) is 14.9 Å². The Morgan fingerprint density at radius 1 is 1.26 bits per heavy atom. The highest BCUT2D eigenvalue weighted by Gasteiger charge is 2.20. The van der Waals surface area contributed by atoms with Gasteiger partial charge in [0.15, 0.2) is 5.69 Å². The number of benzene rings is 2. The molecule has 0 saturated heterocycles. The first-order valence-corrected chi connectivity index (χ1v) is 8.58. The summed E-state index contributed by atoms with van der Waals surface area (Å²) in [7, 11) is 1.30. The van der Waals surface area contributed by atoms with Crippen LogP contribution < -0.4 is 5.43 Å². The molecule has 3 aromatic rings. The van der Waals surface area contributed by atoms with Gasteiger partial charge in [0.05, 0.1) is 23.1 Å². The highest BCUT2D eigenvalue weighted by Crippen LogP contribution is 2.33. The van der Waals surface area contributed by atoms with Gasteiger partial charge in [-0.25, -0.2) is 9.78 Å². The van der Waals surface area contributed by atoms with Crippen LogP contribution in [0.4, 0.5) is 10.8 Å². The van der Waals surface area contributed by atoms with Gasteiger partial charge in [0.2, 0.25) is 5.13 Å². The van der Waals surface area contributed by atoms with Crippen molar-refractivity contribution in [2.75, 3.05) is 12.5 Å². The average molecular weight is 382 g/mol. The largest absolute Gasteiger partial charge is 0.464 e. The third-order valence-electron chi connectivity index (χ3n) is 3.50. The molecule has 0 atom stereocenters. The number of nitro groups is 1. The second-order valence-electron chi connectivity index (χ2n) is 5.28. The standard InChI is InChI=1S/C18H14N4O4S/c1-26-17(23)15-16(13-7-3-2-4-8-13)27-18(20-15)21-19-11-12-6-5-9-14(10-12)22(24)25/h2-11H,1H3,(H,20,21)/b19-11-. The number of rotatable bonds is 6. The predicted molar refractivity (Wildman–Crippen MR) is 103 cm³/mol. The van der Waals surface area contributed by atoms with E-state index in [1.807, 2.05) is 30.3 Å². The summed E-state index contributed by atoms with van der Waals surface area (Å²) in [6, 6.07) is 15.4. The molecule has 0 unspecified atom stereocenters. The summed E-state index contributed by atoms with van der Waals surface area (Å²) in [6.07, 6.45) is 1.44. The van der Waals surface area contributed by atoms with Crippen LogP contribution in [0.1, 0.15) is 16.1 Å². The summed E-state index contributed by atoms with van der Waals surface area (Å²) >= 11 is 1.25. The lowest BCUT2D eigenvalue weighted by atomic mass is 10.1. The summed E-state index contributed by atoms with van der Waals surface area (Å²) in [4.78, 5) is 27.3. The van der Waals surface area contributed by atoms with Gasteiger partial charge in [-0.2, -0.15) is 5.10 Å². The van der Waals surface area contributed by atoms with Crippen LogP contribution in [0.3, 0.4) is 0 Å². The second kappa shape index (κ2) is 8.19. The molecular formula is C18H14N4O4S. The number of aromatic nitrogens is 1. The van der Waals surface area contributed by atoms with Crippen LogP contribution in [0.15, 0.2) is 59.7 Å². The van der Waals surface area contributed by atoms with E-state index in [0.29, 0.717) is 15.6 Å². The Balaban J connectivity index is 1.83. The lowest BCUT2D eigenvalue weighted by Gasteiger charge is -1.99. The van der Waals surface area contributed by atoms with Crippen LogP contribution in [0, 0.1) is 10.1 Å². The minimum absolute atomic E-state index is 0.0208. The SMILES string of the molecule is COC(=O)c1nc(N/N=C\c2cccc([N+](=O)[O-])c2)sc1-c1ccccc1. The molecule has 3 rings (SSSR count). The van der Waals surface area contributed by atoms with Crippen LogP contribution >= 0.6 is 11.3 Å². The van der Waals surface area contributed by atoms with Crippen molar-refractivity contribution in [3.63, 3.8) is 0 Å². The van der Waals surface area contributed by atoms with Gasteiger partial charge in [0.1, 0.15) is 0 Å². The molecule has 0 bridgehead atoms. The fourth-order valence-corrected chi connectivity index (χ4v) is 3.18. The zero-order chi connectivity index (χ0) is 19.2. The topological polar surface area (TPSA) is 107 Å². The normalized spacial score (nSPS) is 10.7. The molecule has 1 N–H and O–H groups in total. The van der Waals surface area contributed by atoms with E-state index in [1.54, 1.807) is 12.1 Å². The summed E-state index contributed by atoms with van der Waals surface area (Å²) < 4.78 is 4.80. The lowest BCUT2D eigenvalue weighted by molar-refractivity contribution is -0.384. The van der Waals surface area contributed by atoms with Gasteiger partial charge < -0.3 is 4.74 Å². The van der Waals surface area contributed by atoms with Gasteiger partial charge in [0, 0.05) is 17.7 Å². The van der Waals surface area contributed by atoms with Crippen molar-refractivity contribution in [3.05, 3.63) is 76.0 Å². The number of nitrogens with zero attached hydrogens (tertiary/aromatic N) is 3. The number of ether oxygens (including phenoxy) is 1. The molecule has 136 valence electrons. The van der Waals surface area contributed by atoms with Gasteiger partial charge >= 0.3 is 5.97 Å². The minimum atomic E-state index is -0.541. The quantitative estimate of drug-likeness (QED) is 0.299. The van der Waals surface area contributed by atoms with Crippen molar-refractivity contribution >= 4 is 34.3 Å². The number of carbonyl (C=O) groups excluding carboxylic acids is 1. The Kier molecular flexibility index (Phi) is 5.53. The Morgan fingerprint density at radius 3 is 2.74 bits per heavy atom. The number of methoxy groups -OCH3 is 1. The maximum Gasteiger partial charge on any atom is 0.358 e. The molecule has 0 spiro atoms. The smallest absolute Gasteiger partial charge is 0.358 e. The van der Waals surface area contributed by atoms with Crippen molar-refractivity contribution < 1.29 is 14.5 Å². The Hall–Kier alpha value is -3.59. The summed E-state index contributed by atoms with van der Waals surface area (Å²) in [6.45, 7) is 0. The molecule has 0 aliphatic carbocycles. The zero-order valence-electron chi connectivity index (χ0n) is 14.2. The van der Waals surface area contributed by atoms with Crippen LogP contribution in [-0.4, -0.2) is 29.2 Å². The maximum absolute atomic E-state index is 12.0. The molecule has 0 aliphatic heterocycles. The monoisotopic (exact) mass is 382 g/mol. The maximum atomic E-state index is 12.0. The van der Waals surface area contributed by atoms with Crippen LogP contribution in [0.2, 0.25) is 0 Å². The first-order valence-electron chi connectivity index (χ1n) is 7.76. The van der Waals surface area contributed by atoms with E-state index in [4.69, 9.17) is 4.74 Å². The molecule has 0 amide bonds. The first-order chi connectivity index (χ1) is 13.1. The van der Waals surface area contributed by atoms with Crippen molar-refractivity contribution in [2.45, 2.75) is 0 Å². The fraction of sp³-hybridized carbons (Fsp3) is 0.0556. The minimum Gasteiger partial charge on any atom is -0.464 e. The number of non-ortho nitro benzene ring substituents is 1. The van der Waals surface area contributed by atoms with Gasteiger partial charge in [-0.15, -0.1) is 0 Å². The molecule has 27 heavy (non-hydrogen) atoms. The average Bonchev–Trinajstić information content (AvgIpc) is 3.12. The molecule has 0 saturated carbocycles. The second-order valence-corrected chi connectivity index (χ2v) is 6.28. The van der Waals surface area contributed by atoms with Crippen LogP contribution in [0.25, 0.3) is 10.4 Å². The van der Waals surface area contributed by atoms with Crippen molar-refractivity contribution in [3.8, 4) is 10.4 Å². The van der Waals surface area contributed by atoms with E-state index in [2.05, 4.69) is 15.5 Å². The number of nitro benzene ring substituents is 1.